The zero-order valence-corrected chi connectivity index (χ0v) is 10.6. The van der Waals surface area contributed by atoms with Crippen LogP contribution in [0.4, 0.5) is 6.01 Å². The molecule has 0 aromatic carbocycles. The minimum Gasteiger partial charge on any atom is -0.461 e. The van der Waals surface area contributed by atoms with E-state index in [1.54, 1.807) is 18.9 Å². The number of hydrogen-bond donors (Lipinski definition) is 0. The Labute approximate surface area is 101 Å². The lowest BCUT2D eigenvalue weighted by molar-refractivity contribution is 0.0519. The molecule has 6 heteroatoms. The van der Waals surface area contributed by atoms with Gasteiger partial charge in [-0.05, 0) is 13.8 Å². The molecule has 0 amide bonds. The SMILES string of the molecule is CCOC(=O)c1coc(N(C)C(C)COC)n1. The van der Waals surface area contributed by atoms with E-state index in [0.717, 1.165) is 0 Å². The molecule has 0 bridgehead atoms. The van der Waals surface area contributed by atoms with E-state index in [1.165, 1.54) is 6.26 Å². The Morgan fingerprint density at radius 3 is 2.94 bits per heavy atom. The van der Waals surface area contributed by atoms with E-state index >= 15 is 0 Å². The first-order valence-electron chi connectivity index (χ1n) is 5.44. The molecule has 0 saturated carbocycles. The number of carbonyl (C=O) groups excluding carboxylic acids is 1. The molecular formula is C11H18N2O4. The first-order chi connectivity index (χ1) is 8.10. The Balaban J connectivity index is 2.70. The van der Waals surface area contributed by atoms with Crippen LogP contribution in [0.3, 0.4) is 0 Å². The maximum Gasteiger partial charge on any atom is 0.360 e. The summed E-state index contributed by atoms with van der Waals surface area (Å²) in [5.41, 5.74) is 0.179. The molecule has 0 saturated heterocycles. The maximum absolute atomic E-state index is 11.4. The zero-order valence-electron chi connectivity index (χ0n) is 10.6. The second-order valence-electron chi connectivity index (χ2n) is 3.65. The van der Waals surface area contributed by atoms with Gasteiger partial charge in [0, 0.05) is 14.2 Å². The number of carbonyl (C=O) groups is 1. The van der Waals surface area contributed by atoms with Crippen molar-refractivity contribution in [2.75, 3.05) is 32.3 Å². The Kier molecular flexibility index (Phi) is 4.96. The van der Waals surface area contributed by atoms with Gasteiger partial charge in [0.15, 0.2) is 5.69 Å². The normalized spacial score (nSPS) is 12.2. The largest absolute Gasteiger partial charge is 0.461 e. The Hall–Kier alpha value is -1.56. The van der Waals surface area contributed by atoms with Gasteiger partial charge < -0.3 is 18.8 Å². The number of ether oxygens (including phenoxy) is 2. The lowest BCUT2D eigenvalue weighted by Gasteiger charge is -2.21. The van der Waals surface area contributed by atoms with Gasteiger partial charge in [-0.15, -0.1) is 0 Å². The Morgan fingerprint density at radius 2 is 2.35 bits per heavy atom. The van der Waals surface area contributed by atoms with Crippen LogP contribution in [0, 0.1) is 0 Å². The molecule has 1 unspecified atom stereocenters. The summed E-state index contributed by atoms with van der Waals surface area (Å²) in [5, 5.41) is 0. The highest BCUT2D eigenvalue weighted by molar-refractivity contribution is 5.87. The summed E-state index contributed by atoms with van der Waals surface area (Å²) in [6.07, 6.45) is 1.29. The number of hydrogen-bond acceptors (Lipinski definition) is 6. The molecule has 0 fully saturated rings. The summed E-state index contributed by atoms with van der Waals surface area (Å²) < 4.78 is 15.1. The molecule has 0 aliphatic carbocycles. The molecule has 1 aromatic rings. The monoisotopic (exact) mass is 242 g/mol. The van der Waals surface area contributed by atoms with Gasteiger partial charge in [0.1, 0.15) is 6.26 Å². The molecule has 0 radical (unpaired) electrons. The molecule has 1 atom stereocenters. The minimum atomic E-state index is -0.477. The van der Waals surface area contributed by atoms with E-state index in [4.69, 9.17) is 13.9 Å². The summed E-state index contributed by atoms with van der Waals surface area (Å²) in [4.78, 5) is 17.2. The quantitative estimate of drug-likeness (QED) is 0.701. The minimum absolute atomic E-state index is 0.105. The Bertz CT molecular complexity index is 364. The number of nitrogens with zero attached hydrogens (tertiary/aromatic N) is 2. The number of anilines is 1. The fourth-order valence-electron chi connectivity index (χ4n) is 1.27. The van der Waals surface area contributed by atoms with Crippen molar-refractivity contribution < 1.29 is 18.7 Å². The second kappa shape index (κ2) is 6.24. The first-order valence-corrected chi connectivity index (χ1v) is 5.44. The van der Waals surface area contributed by atoms with E-state index in [-0.39, 0.29) is 11.7 Å². The van der Waals surface area contributed by atoms with Crippen molar-refractivity contribution in [3.05, 3.63) is 12.0 Å². The van der Waals surface area contributed by atoms with Gasteiger partial charge >= 0.3 is 5.97 Å². The van der Waals surface area contributed by atoms with Crippen molar-refractivity contribution in [1.29, 1.82) is 0 Å². The topological polar surface area (TPSA) is 64.8 Å². The number of rotatable bonds is 6. The fourth-order valence-corrected chi connectivity index (χ4v) is 1.27. The predicted molar refractivity (Wildman–Crippen MR) is 62.2 cm³/mol. The van der Waals surface area contributed by atoms with Gasteiger partial charge in [0.05, 0.1) is 19.3 Å². The van der Waals surface area contributed by atoms with E-state index in [1.807, 2.05) is 14.0 Å². The molecule has 0 aliphatic rings. The van der Waals surface area contributed by atoms with Crippen LogP contribution in [-0.4, -0.2) is 44.4 Å². The summed E-state index contributed by atoms with van der Waals surface area (Å²) in [6.45, 7) is 4.58. The lowest BCUT2D eigenvalue weighted by Crippen LogP contribution is -2.32. The molecule has 0 spiro atoms. The summed E-state index contributed by atoms with van der Waals surface area (Å²) in [7, 11) is 3.45. The highest BCUT2D eigenvalue weighted by Gasteiger charge is 2.18. The molecular weight excluding hydrogens is 224 g/mol. The van der Waals surface area contributed by atoms with Crippen molar-refractivity contribution in [3.63, 3.8) is 0 Å². The molecule has 1 heterocycles. The smallest absolute Gasteiger partial charge is 0.360 e. The average Bonchev–Trinajstić information content (AvgIpc) is 2.78. The van der Waals surface area contributed by atoms with Gasteiger partial charge in [-0.3, -0.25) is 0 Å². The average molecular weight is 242 g/mol. The van der Waals surface area contributed by atoms with Crippen LogP contribution < -0.4 is 4.90 Å². The summed E-state index contributed by atoms with van der Waals surface area (Å²) in [5.74, 6) is -0.477. The molecule has 6 nitrogen and oxygen atoms in total. The van der Waals surface area contributed by atoms with E-state index in [2.05, 4.69) is 4.98 Å². The van der Waals surface area contributed by atoms with Crippen LogP contribution in [0.2, 0.25) is 0 Å². The maximum atomic E-state index is 11.4. The van der Waals surface area contributed by atoms with Gasteiger partial charge in [0.25, 0.3) is 6.01 Å². The third kappa shape index (κ3) is 3.45. The highest BCUT2D eigenvalue weighted by atomic mass is 16.5. The number of methoxy groups -OCH3 is 1. The molecule has 1 rings (SSSR count). The third-order valence-corrected chi connectivity index (χ3v) is 2.35. The number of esters is 1. The summed E-state index contributed by atoms with van der Waals surface area (Å²) in [6, 6.07) is 0.478. The second-order valence-corrected chi connectivity index (χ2v) is 3.65. The summed E-state index contributed by atoms with van der Waals surface area (Å²) >= 11 is 0. The van der Waals surface area contributed by atoms with E-state index in [0.29, 0.717) is 19.2 Å². The van der Waals surface area contributed by atoms with Crippen molar-refractivity contribution in [2.24, 2.45) is 0 Å². The number of oxazole rings is 1. The molecule has 0 aliphatic heterocycles. The lowest BCUT2D eigenvalue weighted by atomic mass is 10.3. The van der Waals surface area contributed by atoms with E-state index in [9.17, 15) is 4.79 Å². The molecule has 1 aromatic heterocycles. The highest BCUT2D eigenvalue weighted by Crippen LogP contribution is 2.15. The van der Waals surface area contributed by atoms with Gasteiger partial charge in [-0.1, -0.05) is 0 Å². The van der Waals surface area contributed by atoms with Crippen molar-refractivity contribution >= 4 is 12.0 Å². The molecule has 17 heavy (non-hydrogen) atoms. The van der Waals surface area contributed by atoms with Crippen LogP contribution in [0.15, 0.2) is 10.7 Å². The van der Waals surface area contributed by atoms with Crippen LogP contribution in [-0.2, 0) is 9.47 Å². The van der Waals surface area contributed by atoms with Crippen molar-refractivity contribution in [1.82, 2.24) is 4.98 Å². The van der Waals surface area contributed by atoms with Gasteiger partial charge in [-0.25, -0.2) is 4.79 Å². The van der Waals surface area contributed by atoms with Crippen molar-refractivity contribution in [3.8, 4) is 0 Å². The van der Waals surface area contributed by atoms with Crippen LogP contribution >= 0.6 is 0 Å². The molecule has 96 valence electrons. The predicted octanol–water partition coefficient (Wildman–Crippen LogP) is 1.32. The van der Waals surface area contributed by atoms with Crippen LogP contribution in [0.25, 0.3) is 0 Å². The number of likely N-dealkylation sites (N-methyl/N-ethyl adjacent to an activating group) is 1. The van der Waals surface area contributed by atoms with Crippen LogP contribution in [0.1, 0.15) is 24.3 Å². The van der Waals surface area contributed by atoms with Crippen molar-refractivity contribution in [2.45, 2.75) is 19.9 Å². The standard InChI is InChI=1S/C11H18N2O4/c1-5-16-10(14)9-7-17-11(12-9)13(3)8(2)6-15-4/h7-8H,5-6H2,1-4H3. The fraction of sp³-hybridized carbons (Fsp3) is 0.636. The van der Waals surface area contributed by atoms with Crippen LogP contribution in [0.5, 0.6) is 0 Å². The Morgan fingerprint density at radius 1 is 1.65 bits per heavy atom. The van der Waals surface area contributed by atoms with Gasteiger partial charge in [0.2, 0.25) is 0 Å². The first kappa shape index (κ1) is 13.5. The van der Waals surface area contributed by atoms with Gasteiger partial charge in [-0.2, -0.15) is 4.98 Å². The molecule has 0 N–H and O–H groups in total. The third-order valence-electron chi connectivity index (χ3n) is 2.35. The van der Waals surface area contributed by atoms with E-state index < -0.39 is 5.97 Å². The zero-order chi connectivity index (χ0) is 12.8. The number of aromatic nitrogens is 1.